The fourth-order valence-electron chi connectivity index (χ4n) is 1.52. The normalized spacial score (nSPS) is 10.2. The van der Waals surface area contributed by atoms with Crippen LogP contribution in [0.5, 0.6) is 11.5 Å². The Kier molecular flexibility index (Phi) is 7.23. The van der Waals surface area contributed by atoms with Gasteiger partial charge in [0.2, 0.25) is 0 Å². The van der Waals surface area contributed by atoms with Gasteiger partial charge in [0.25, 0.3) is 0 Å². The molecule has 0 atom stereocenters. The molecule has 0 radical (unpaired) electrons. The summed E-state index contributed by atoms with van der Waals surface area (Å²) in [6, 6.07) is 7.71. The van der Waals surface area contributed by atoms with E-state index in [1.807, 2.05) is 24.3 Å². The number of hydrogen-bond acceptors (Lipinski definition) is 3. The third kappa shape index (κ3) is 6.17. The molecule has 1 N–H and O–H groups in total. The van der Waals surface area contributed by atoms with E-state index in [1.54, 1.807) is 7.11 Å². The van der Waals surface area contributed by atoms with Crippen LogP contribution >= 0.6 is 0 Å². The van der Waals surface area contributed by atoms with Crippen molar-refractivity contribution in [3.05, 3.63) is 24.3 Å². The number of rotatable bonds is 9. The van der Waals surface area contributed by atoms with E-state index in [1.165, 1.54) is 6.42 Å². The van der Waals surface area contributed by atoms with Crippen molar-refractivity contribution in [3.63, 3.8) is 0 Å². The average molecular weight is 237 g/mol. The second-order valence-electron chi connectivity index (χ2n) is 3.98. The van der Waals surface area contributed by atoms with Crippen LogP contribution in [0.4, 0.5) is 0 Å². The minimum Gasteiger partial charge on any atom is -0.497 e. The smallest absolute Gasteiger partial charge is 0.119 e. The quantitative estimate of drug-likeness (QED) is 0.670. The standard InChI is InChI=1S/C14H23NO2/c1-3-10-15-11-4-5-12-17-14-8-6-13(16-2)7-9-14/h6-9,15H,3-5,10-12H2,1-2H3. The molecule has 0 saturated heterocycles. The summed E-state index contributed by atoms with van der Waals surface area (Å²) < 4.78 is 10.7. The van der Waals surface area contributed by atoms with Gasteiger partial charge in [0.1, 0.15) is 11.5 Å². The van der Waals surface area contributed by atoms with Gasteiger partial charge in [-0.1, -0.05) is 6.92 Å². The predicted octanol–water partition coefficient (Wildman–Crippen LogP) is 2.85. The summed E-state index contributed by atoms with van der Waals surface area (Å²) in [6.07, 6.45) is 3.45. The molecule has 0 heterocycles. The minimum atomic E-state index is 0.778. The summed E-state index contributed by atoms with van der Waals surface area (Å²) in [7, 11) is 1.67. The van der Waals surface area contributed by atoms with Crippen LogP contribution in [0.3, 0.4) is 0 Å². The number of methoxy groups -OCH3 is 1. The van der Waals surface area contributed by atoms with Crippen LogP contribution in [0.25, 0.3) is 0 Å². The Labute approximate surface area is 104 Å². The van der Waals surface area contributed by atoms with Crippen LogP contribution in [0.2, 0.25) is 0 Å². The van der Waals surface area contributed by atoms with Crippen molar-refractivity contribution in [2.75, 3.05) is 26.8 Å². The summed E-state index contributed by atoms with van der Waals surface area (Å²) in [5.74, 6) is 1.77. The van der Waals surface area contributed by atoms with Crippen molar-refractivity contribution in [1.29, 1.82) is 0 Å². The van der Waals surface area contributed by atoms with Crippen LogP contribution in [0, 0.1) is 0 Å². The first-order chi connectivity index (χ1) is 8.36. The van der Waals surface area contributed by atoms with Crippen molar-refractivity contribution in [2.45, 2.75) is 26.2 Å². The number of ether oxygens (including phenoxy) is 2. The van der Waals surface area contributed by atoms with Crippen LogP contribution in [-0.2, 0) is 0 Å². The lowest BCUT2D eigenvalue weighted by Crippen LogP contribution is -2.16. The molecule has 3 nitrogen and oxygen atoms in total. The molecule has 17 heavy (non-hydrogen) atoms. The first-order valence-electron chi connectivity index (χ1n) is 6.34. The molecule has 0 amide bonds. The van der Waals surface area contributed by atoms with Gasteiger partial charge in [0, 0.05) is 0 Å². The highest BCUT2D eigenvalue weighted by Gasteiger charge is 1.95. The van der Waals surface area contributed by atoms with Gasteiger partial charge < -0.3 is 14.8 Å². The molecule has 0 aromatic heterocycles. The number of benzene rings is 1. The van der Waals surface area contributed by atoms with Gasteiger partial charge in [-0.15, -0.1) is 0 Å². The molecule has 0 fully saturated rings. The van der Waals surface area contributed by atoms with Gasteiger partial charge in [-0.05, 0) is 56.6 Å². The van der Waals surface area contributed by atoms with E-state index in [4.69, 9.17) is 9.47 Å². The molecule has 0 aliphatic heterocycles. The third-order valence-corrected chi connectivity index (χ3v) is 2.50. The Balaban J connectivity index is 2.05. The molecular weight excluding hydrogens is 214 g/mol. The van der Waals surface area contributed by atoms with Gasteiger partial charge >= 0.3 is 0 Å². The van der Waals surface area contributed by atoms with Crippen LogP contribution in [0.15, 0.2) is 24.3 Å². The van der Waals surface area contributed by atoms with Crippen molar-refractivity contribution < 1.29 is 9.47 Å². The highest BCUT2D eigenvalue weighted by atomic mass is 16.5. The topological polar surface area (TPSA) is 30.5 Å². The zero-order valence-corrected chi connectivity index (χ0v) is 10.9. The van der Waals surface area contributed by atoms with E-state index in [9.17, 15) is 0 Å². The van der Waals surface area contributed by atoms with E-state index in [-0.39, 0.29) is 0 Å². The third-order valence-electron chi connectivity index (χ3n) is 2.50. The maximum atomic E-state index is 5.63. The fraction of sp³-hybridized carbons (Fsp3) is 0.571. The highest BCUT2D eigenvalue weighted by Crippen LogP contribution is 2.17. The van der Waals surface area contributed by atoms with E-state index < -0.39 is 0 Å². The number of nitrogens with one attached hydrogen (secondary N) is 1. The summed E-state index contributed by atoms with van der Waals surface area (Å²) in [5.41, 5.74) is 0. The average Bonchev–Trinajstić information content (AvgIpc) is 2.38. The van der Waals surface area contributed by atoms with E-state index in [2.05, 4.69) is 12.2 Å². The maximum absolute atomic E-state index is 5.63. The van der Waals surface area contributed by atoms with E-state index in [0.29, 0.717) is 0 Å². The monoisotopic (exact) mass is 237 g/mol. The van der Waals surface area contributed by atoms with E-state index in [0.717, 1.165) is 44.0 Å². The van der Waals surface area contributed by atoms with Gasteiger partial charge in [0.05, 0.1) is 13.7 Å². The highest BCUT2D eigenvalue weighted by molar-refractivity contribution is 5.31. The first-order valence-corrected chi connectivity index (χ1v) is 6.34. The van der Waals surface area contributed by atoms with Gasteiger partial charge in [-0.3, -0.25) is 0 Å². The number of hydrogen-bond donors (Lipinski definition) is 1. The Morgan fingerprint density at radius 1 is 1.00 bits per heavy atom. The zero-order chi connectivity index (χ0) is 12.3. The number of unbranched alkanes of at least 4 members (excludes halogenated alkanes) is 1. The van der Waals surface area contributed by atoms with Crippen molar-refractivity contribution in [2.24, 2.45) is 0 Å². The lowest BCUT2D eigenvalue weighted by atomic mass is 10.3. The molecule has 3 heteroatoms. The Bertz CT molecular complexity index is 285. The Morgan fingerprint density at radius 2 is 1.71 bits per heavy atom. The van der Waals surface area contributed by atoms with Gasteiger partial charge in [-0.2, -0.15) is 0 Å². The largest absolute Gasteiger partial charge is 0.497 e. The van der Waals surface area contributed by atoms with Gasteiger partial charge in [-0.25, -0.2) is 0 Å². The van der Waals surface area contributed by atoms with E-state index >= 15 is 0 Å². The van der Waals surface area contributed by atoms with Crippen molar-refractivity contribution >= 4 is 0 Å². The maximum Gasteiger partial charge on any atom is 0.119 e. The molecule has 0 unspecified atom stereocenters. The second kappa shape index (κ2) is 8.88. The Morgan fingerprint density at radius 3 is 2.35 bits per heavy atom. The molecule has 0 aliphatic carbocycles. The molecule has 0 saturated carbocycles. The molecule has 1 aromatic rings. The SMILES string of the molecule is CCCNCCCCOc1ccc(OC)cc1. The Hall–Kier alpha value is -1.22. The molecule has 96 valence electrons. The minimum absolute atomic E-state index is 0.778. The van der Waals surface area contributed by atoms with Crippen LogP contribution in [0.1, 0.15) is 26.2 Å². The first kappa shape index (κ1) is 13.8. The molecule has 0 bridgehead atoms. The predicted molar refractivity (Wildman–Crippen MR) is 70.9 cm³/mol. The van der Waals surface area contributed by atoms with Crippen molar-refractivity contribution in [3.8, 4) is 11.5 Å². The lowest BCUT2D eigenvalue weighted by molar-refractivity contribution is 0.305. The molecule has 0 spiro atoms. The van der Waals surface area contributed by atoms with Crippen LogP contribution in [-0.4, -0.2) is 26.8 Å². The summed E-state index contributed by atoms with van der Waals surface area (Å²) in [4.78, 5) is 0. The molecule has 0 aliphatic rings. The summed E-state index contributed by atoms with van der Waals surface area (Å²) in [5, 5.41) is 3.38. The molecule has 1 aromatic carbocycles. The molecule has 1 rings (SSSR count). The fourth-order valence-corrected chi connectivity index (χ4v) is 1.52. The van der Waals surface area contributed by atoms with Gasteiger partial charge in [0.15, 0.2) is 0 Å². The second-order valence-corrected chi connectivity index (χ2v) is 3.98. The zero-order valence-electron chi connectivity index (χ0n) is 10.9. The molecular formula is C14H23NO2. The van der Waals surface area contributed by atoms with Crippen molar-refractivity contribution in [1.82, 2.24) is 5.32 Å². The van der Waals surface area contributed by atoms with Crippen LogP contribution < -0.4 is 14.8 Å². The lowest BCUT2D eigenvalue weighted by Gasteiger charge is -2.07. The summed E-state index contributed by atoms with van der Waals surface area (Å²) in [6.45, 7) is 5.15. The summed E-state index contributed by atoms with van der Waals surface area (Å²) >= 11 is 0.